The molecule has 0 radical (unpaired) electrons. The predicted octanol–water partition coefficient (Wildman–Crippen LogP) is 1.94. The molecule has 112 valence electrons. The van der Waals surface area contributed by atoms with Crippen molar-refractivity contribution in [3.05, 3.63) is 42.2 Å². The van der Waals surface area contributed by atoms with Gasteiger partial charge in [-0.25, -0.2) is 0 Å². The predicted molar refractivity (Wildman–Crippen MR) is 81.1 cm³/mol. The van der Waals surface area contributed by atoms with Gasteiger partial charge in [-0.3, -0.25) is 9.48 Å². The lowest BCUT2D eigenvalue weighted by molar-refractivity contribution is -0.118. The number of anilines is 1. The SMILES string of the molecule is CC(C)n1cc(OCC(=O)Nc2cccc(CN)c2)cn1. The van der Waals surface area contributed by atoms with Crippen LogP contribution in [0.25, 0.3) is 0 Å². The topological polar surface area (TPSA) is 82.2 Å². The van der Waals surface area contributed by atoms with E-state index < -0.39 is 0 Å². The number of benzene rings is 1. The molecule has 0 saturated heterocycles. The van der Waals surface area contributed by atoms with Crippen molar-refractivity contribution in [3.8, 4) is 5.75 Å². The van der Waals surface area contributed by atoms with E-state index in [0.29, 0.717) is 18.0 Å². The number of hydrogen-bond acceptors (Lipinski definition) is 4. The molecule has 1 aromatic heterocycles. The minimum absolute atomic E-state index is 0.0589. The van der Waals surface area contributed by atoms with E-state index in [-0.39, 0.29) is 18.6 Å². The summed E-state index contributed by atoms with van der Waals surface area (Å²) in [6.45, 7) is 4.42. The van der Waals surface area contributed by atoms with E-state index in [4.69, 9.17) is 10.5 Å². The molecule has 0 atom stereocenters. The van der Waals surface area contributed by atoms with Crippen LogP contribution >= 0.6 is 0 Å². The van der Waals surface area contributed by atoms with Crippen molar-refractivity contribution in [1.29, 1.82) is 0 Å². The van der Waals surface area contributed by atoms with Crippen LogP contribution in [-0.2, 0) is 11.3 Å². The fourth-order valence-corrected chi connectivity index (χ4v) is 1.80. The maximum Gasteiger partial charge on any atom is 0.262 e. The highest BCUT2D eigenvalue weighted by atomic mass is 16.5. The summed E-state index contributed by atoms with van der Waals surface area (Å²) in [6.07, 6.45) is 3.37. The lowest BCUT2D eigenvalue weighted by Crippen LogP contribution is -2.20. The molecular weight excluding hydrogens is 268 g/mol. The summed E-state index contributed by atoms with van der Waals surface area (Å²) >= 11 is 0. The number of nitrogens with two attached hydrogens (primary N) is 1. The molecule has 3 N–H and O–H groups in total. The molecule has 1 heterocycles. The minimum Gasteiger partial charge on any atom is -0.480 e. The zero-order chi connectivity index (χ0) is 15.2. The molecule has 1 amide bonds. The van der Waals surface area contributed by atoms with Gasteiger partial charge in [-0.15, -0.1) is 0 Å². The largest absolute Gasteiger partial charge is 0.480 e. The number of carbonyl (C=O) groups is 1. The third-order valence-corrected chi connectivity index (χ3v) is 2.92. The van der Waals surface area contributed by atoms with Gasteiger partial charge in [-0.2, -0.15) is 5.10 Å². The molecule has 6 heteroatoms. The number of carbonyl (C=O) groups excluding carboxylic acids is 1. The minimum atomic E-state index is -0.221. The molecule has 0 saturated carbocycles. The van der Waals surface area contributed by atoms with Crippen molar-refractivity contribution >= 4 is 11.6 Å². The summed E-state index contributed by atoms with van der Waals surface area (Å²) < 4.78 is 7.18. The fraction of sp³-hybridized carbons (Fsp3) is 0.333. The van der Waals surface area contributed by atoms with E-state index in [0.717, 1.165) is 5.56 Å². The Morgan fingerprint density at radius 2 is 2.29 bits per heavy atom. The quantitative estimate of drug-likeness (QED) is 0.851. The zero-order valence-electron chi connectivity index (χ0n) is 12.2. The Labute approximate surface area is 123 Å². The molecule has 0 spiro atoms. The molecule has 0 unspecified atom stereocenters. The average Bonchev–Trinajstić information content (AvgIpc) is 2.94. The normalized spacial score (nSPS) is 10.7. The molecule has 2 rings (SSSR count). The zero-order valence-corrected chi connectivity index (χ0v) is 12.2. The van der Waals surface area contributed by atoms with Gasteiger partial charge in [0, 0.05) is 18.3 Å². The number of aromatic nitrogens is 2. The van der Waals surface area contributed by atoms with Crippen molar-refractivity contribution in [1.82, 2.24) is 9.78 Å². The van der Waals surface area contributed by atoms with E-state index in [2.05, 4.69) is 10.4 Å². The molecule has 0 aliphatic carbocycles. The van der Waals surface area contributed by atoms with E-state index >= 15 is 0 Å². The number of hydrogen-bond donors (Lipinski definition) is 2. The van der Waals surface area contributed by atoms with Crippen LogP contribution in [0.3, 0.4) is 0 Å². The van der Waals surface area contributed by atoms with Crippen molar-refractivity contribution in [3.63, 3.8) is 0 Å². The molecule has 21 heavy (non-hydrogen) atoms. The number of amides is 1. The van der Waals surface area contributed by atoms with Gasteiger partial charge < -0.3 is 15.8 Å². The van der Waals surface area contributed by atoms with E-state index in [1.165, 1.54) is 0 Å². The third kappa shape index (κ3) is 4.32. The first kappa shape index (κ1) is 15.1. The van der Waals surface area contributed by atoms with Crippen LogP contribution in [0.2, 0.25) is 0 Å². The third-order valence-electron chi connectivity index (χ3n) is 2.92. The summed E-state index contributed by atoms with van der Waals surface area (Å²) in [6, 6.07) is 7.68. The van der Waals surface area contributed by atoms with Gasteiger partial charge >= 0.3 is 0 Å². The van der Waals surface area contributed by atoms with Crippen molar-refractivity contribution in [2.75, 3.05) is 11.9 Å². The lowest BCUT2D eigenvalue weighted by Gasteiger charge is -2.07. The van der Waals surface area contributed by atoms with Crippen molar-refractivity contribution in [2.24, 2.45) is 5.73 Å². The van der Waals surface area contributed by atoms with Gasteiger partial charge in [0.25, 0.3) is 5.91 Å². The number of nitrogens with one attached hydrogen (secondary N) is 1. The monoisotopic (exact) mass is 288 g/mol. The van der Waals surface area contributed by atoms with Crippen LogP contribution in [0, 0.1) is 0 Å². The van der Waals surface area contributed by atoms with E-state index in [1.54, 1.807) is 17.1 Å². The molecule has 0 aliphatic heterocycles. The van der Waals surface area contributed by atoms with Gasteiger partial charge in [0.15, 0.2) is 12.4 Å². The molecule has 2 aromatic rings. The highest BCUT2D eigenvalue weighted by Gasteiger charge is 2.07. The molecule has 6 nitrogen and oxygen atoms in total. The molecule has 0 fully saturated rings. The second-order valence-corrected chi connectivity index (χ2v) is 4.99. The Kier molecular flexibility index (Phi) is 4.94. The molecule has 1 aromatic carbocycles. The average molecular weight is 288 g/mol. The number of nitrogens with zero attached hydrogens (tertiary/aromatic N) is 2. The Morgan fingerprint density at radius 1 is 1.48 bits per heavy atom. The number of rotatable bonds is 6. The van der Waals surface area contributed by atoms with E-state index in [9.17, 15) is 4.79 Å². The summed E-state index contributed by atoms with van der Waals surface area (Å²) in [7, 11) is 0. The van der Waals surface area contributed by atoms with Gasteiger partial charge in [-0.1, -0.05) is 12.1 Å². The van der Waals surface area contributed by atoms with Gasteiger partial charge in [0.2, 0.25) is 0 Å². The maximum absolute atomic E-state index is 11.8. The van der Waals surface area contributed by atoms with Crippen LogP contribution in [0.1, 0.15) is 25.5 Å². The molecular formula is C15H20N4O2. The van der Waals surface area contributed by atoms with E-state index in [1.807, 2.05) is 38.1 Å². The Hall–Kier alpha value is -2.34. The first-order chi connectivity index (χ1) is 10.1. The Morgan fingerprint density at radius 3 is 2.95 bits per heavy atom. The number of ether oxygens (including phenoxy) is 1. The Bertz CT molecular complexity index is 607. The molecule has 0 aliphatic rings. The van der Waals surface area contributed by atoms with Crippen LogP contribution in [0.4, 0.5) is 5.69 Å². The summed E-state index contributed by atoms with van der Waals surface area (Å²) in [5.74, 6) is 0.357. The highest BCUT2D eigenvalue weighted by molar-refractivity contribution is 5.91. The second-order valence-electron chi connectivity index (χ2n) is 4.99. The second kappa shape index (κ2) is 6.90. The first-order valence-electron chi connectivity index (χ1n) is 6.84. The highest BCUT2D eigenvalue weighted by Crippen LogP contribution is 2.13. The van der Waals surface area contributed by atoms with Crippen LogP contribution in [0.5, 0.6) is 5.75 Å². The Balaban J connectivity index is 1.86. The van der Waals surface area contributed by atoms with Crippen LogP contribution in [-0.4, -0.2) is 22.3 Å². The van der Waals surface area contributed by atoms with Crippen LogP contribution in [0.15, 0.2) is 36.7 Å². The first-order valence-corrected chi connectivity index (χ1v) is 6.84. The van der Waals surface area contributed by atoms with Crippen molar-refractivity contribution < 1.29 is 9.53 Å². The van der Waals surface area contributed by atoms with Crippen molar-refractivity contribution in [2.45, 2.75) is 26.4 Å². The van der Waals surface area contributed by atoms with Gasteiger partial charge in [-0.05, 0) is 31.5 Å². The molecule has 0 bridgehead atoms. The van der Waals surface area contributed by atoms with Crippen LogP contribution < -0.4 is 15.8 Å². The summed E-state index contributed by atoms with van der Waals surface area (Å²) in [5.41, 5.74) is 7.24. The lowest BCUT2D eigenvalue weighted by atomic mass is 10.2. The smallest absolute Gasteiger partial charge is 0.262 e. The van der Waals surface area contributed by atoms with Gasteiger partial charge in [0.05, 0.1) is 12.4 Å². The maximum atomic E-state index is 11.8. The standard InChI is InChI=1S/C15H20N4O2/c1-11(2)19-9-14(8-17-19)21-10-15(20)18-13-5-3-4-12(6-13)7-16/h3-6,8-9,11H,7,10,16H2,1-2H3,(H,18,20). The summed E-state index contributed by atoms with van der Waals surface area (Å²) in [5, 5.41) is 6.92. The van der Waals surface area contributed by atoms with Gasteiger partial charge in [0.1, 0.15) is 0 Å². The summed E-state index contributed by atoms with van der Waals surface area (Å²) in [4.78, 5) is 11.8. The fourth-order valence-electron chi connectivity index (χ4n) is 1.80.